The van der Waals surface area contributed by atoms with Crippen molar-refractivity contribution in [2.24, 2.45) is 5.92 Å². The second-order valence-electron chi connectivity index (χ2n) is 4.95. The lowest BCUT2D eigenvalue weighted by atomic mass is 9.86. The molecule has 1 N–H and O–H groups in total. The van der Waals surface area contributed by atoms with Crippen LogP contribution >= 0.6 is 0 Å². The van der Waals surface area contributed by atoms with E-state index in [4.69, 9.17) is 10.00 Å². The molecular weight excluding hydrogens is 216 g/mol. The largest absolute Gasteiger partial charge is 0.447 e. The fourth-order valence-electron chi connectivity index (χ4n) is 2.37. The molecule has 1 aliphatic rings. The Morgan fingerprint density at radius 3 is 2.65 bits per heavy atom. The van der Waals surface area contributed by atoms with Crippen molar-refractivity contribution in [3.8, 4) is 6.07 Å². The van der Waals surface area contributed by atoms with Gasteiger partial charge in [-0.1, -0.05) is 32.1 Å². The van der Waals surface area contributed by atoms with Gasteiger partial charge in [0.25, 0.3) is 0 Å². The zero-order valence-corrected chi connectivity index (χ0v) is 10.7. The quantitative estimate of drug-likeness (QED) is 0.819. The van der Waals surface area contributed by atoms with Gasteiger partial charge < -0.3 is 10.1 Å². The zero-order chi connectivity index (χ0) is 12.7. The molecule has 1 saturated carbocycles. The summed E-state index contributed by atoms with van der Waals surface area (Å²) in [5.74, 6) is 0.694. The molecule has 0 saturated heterocycles. The van der Waals surface area contributed by atoms with E-state index < -0.39 is 12.1 Å². The van der Waals surface area contributed by atoms with Gasteiger partial charge in [-0.25, -0.2) is 4.79 Å². The van der Waals surface area contributed by atoms with E-state index in [-0.39, 0.29) is 6.10 Å². The van der Waals surface area contributed by atoms with Crippen LogP contribution in [0.15, 0.2) is 0 Å². The Hall–Kier alpha value is -1.24. The number of nitrogens with zero attached hydrogens (tertiary/aromatic N) is 1. The maximum absolute atomic E-state index is 11.4. The van der Waals surface area contributed by atoms with E-state index >= 15 is 0 Å². The number of amides is 1. The van der Waals surface area contributed by atoms with Crippen LogP contribution in [0.2, 0.25) is 0 Å². The fraction of sp³-hybridized carbons (Fsp3) is 0.846. The highest BCUT2D eigenvalue weighted by Gasteiger charge is 2.19. The van der Waals surface area contributed by atoms with E-state index in [1.54, 1.807) is 6.92 Å². The maximum Gasteiger partial charge on any atom is 0.408 e. The van der Waals surface area contributed by atoms with Crippen molar-refractivity contribution in [2.45, 2.75) is 64.5 Å². The topological polar surface area (TPSA) is 62.1 Å². The van der Waals surface area contributed by atoms with Gasteiger partial charge in [-0.2, -0.15) is 5.26 Å². The first-order valence-electron chi connectivity index (χ1n) is 6.48. The van der Waals surface area contributed by atoms with Crippen LogP contribution in [0.3, 0.4) is 0 Å². The first-order chi connectivity index (χ1) is 8.11. The standard InChI is InChI=1S/C13H22N2O2/c1-10(9-14)15-13(16)17-11(2)8-12-6-4-3-5-7-12/h10-12H,3-8H2,1-2H3,(H,15,16)/t10-,11-/m0/s1. The molecule has 0 radical (unpaired) electrons. The molecule has 0 unspecified atom stereocenters. The Morgan fingerprint density at radius 2 is 2.06 bits per heavy atom. The van der Waals surface area contributed by atoms with Crippen LogP contribution in [0.25, 0.3) is 0 Å². The molecule has 0 aromatic rings. The van der Waals surface area contributed by atoms with Crippen LogP contribution < -0.4 is 5.32 Å². The second kappa shape index (κ2) is 7.16. The Kier molecular flexibility index (Phi) is 5.82. The lowest BCUT2D eigenvalue weighted by Gasteiger charge is -2.24. The number of rotatable bonds is 4. The van der Waals surface area contributed by atoms with Gasteiger partial charge in [-0.05, 0) is 26.2 Å². The van der Waals surface area contributed by atoms with Crippen molar-refractivity contribution in [2.75, 3.05) is 0 Å². The molecule has 1 fully saturated rings. The van der Waals surface area contributed by atoms with Crippen LogP contribution in [0.1, 0.15) is 52.4 Å². The number of hydrogen-bond donors (Lipinski definition) is 1. The smallest absolute Gasteiger partial charge is 0.408 e. The monoisotopic (exact) mass is 238 g/mol. The summed E-state index contributed by atoms with van der Waals surface area (Å²) in [6.45, 7) is 3.55. The van der Waals surface area contributed by atoms with E-state index in [1.807, 2.05) is 13.0 Å². The summed E-state index contributed by atoms with van der Waals surface area (Å²) in [5.41, 5.74) is 0. The van der Waals surface area contributed by atoms with Gasteiger partial charge in [0.1, 0.15) is 12.1 Å². The molecule has 0 spiro atoms. The van der Waals surface area contributed by atoms with E-state index in [0.29, 0.717) is 5.92 Å². The minimum absolute atomic E-state index is 0.0657. The van der Waals surface area contributed by atoms with Crippen molar-refractivity contribution in [1.29, 1.82) is 5.26 Å². The average molecular weight is 238 g/mol. The van der Waals surface area contributed by atoms with Crippen LogP contribution in [-0.4, -0.2) is 18.2 Å². The Bertz CT molecular complexity index is 280. The molecular formula is C13H22N2O2. The van der Waals surface area contributed by atoms with Gasteiger partial charge in [-0.15, -0.1) is 0 Å². The number of alkyl carbamates (subject to hydrolysis) is 1. The molecule has 4 nitrogen and oxygen atoms in total. The molecule has 96 valence electrons. The summed E-state index contributed by atoms with van der Waals surface area (Å²) in [7, 11) is 0. The van der Waals surface area contributed by atoms with Gasteiger partial charge in [-0.3, -0.25) is 0 Å². The predicted molar refractivity (Wildman–Crippen MR) is 65.3 cm³/mol. The molecule has 0 bridgehead atoms. The number of nitrogens with one attached hydrogen (secondary N) is 1. The molecule has 4 heteroatoms. The maximum atomic E-state index is 11.4. The third-order valence-corrected chi connectivity index (χ3v) is 3.23. The van der Waals surface area contributed by atoms with Gasteiger partial charge in [0.05, 0.1) is 6.07 Å². The van der Waals surface area contributed by atoms with E-state index in [9.17, 15) is 4.79 Å². The van der Waals surface area contributed by atoms with Crippen molar-refractivity contribution in [3.05, 3.63) is 0 Å². The first-order valence-corrected chi connectivity index (χ1v) is 6.48. The van der Waals surface area contributed by atoms with E-state index in [2.05, 4.69) is 5.32 Å². The number of hydrogen-bond acceptors (Lipinski definition) is 3. The van der Waals surface area contributed by atoms with E-state index in [0.717, 1.165) is 6.42 Å². The molecule has 0 aliphatic heterocycles. The summed E-state index contributed by atoms with van der Waals surface area (Å²) >= 11 is 0. The van der Waals surface area contributed by atoms with Gasteiger partial charge >= 0.3 is 6.09 Å². The van der Waals surface area contributed by atoms with Crippen molar-refractivity contribution in [1.82, 2.24) is 5.32 Å². The lowest BCUT2D eigenvalue weighted by molar-refractivity contribution is 0.0866. The van der Waals surface area contributed by atoms with Crippen LogP contribution in [0.5, 0.6) is 0 Å². The van der Waals surface area contributed by atoms with Crippen molar-refractivity contribution < 1.29 is 9.53 Å². The normalized spacial score (nSPS) is 20.1. The highest BCUT2D eigenvalue weighted by Crippen LogP contribution is 2.27. The molecule has 1 aliphatic carbocycles. The summed E-state index contributed by atoms with van der Waals surface area (Å²) in [5, 5.41) is 11.0. The SMILES string of the molecule is C[C@@H](C#N)NC(=O)O[C@@H](C)CC1CCCCC1. The Morgan fingerprint density at radius 1 is 1.41 bits per heavy atom. The number of ether oxygens (including phenoxy) is 1. The average Bonchev–Trinajstić information content (AvgIpc) is 2.29. The Balaban J connectivity index is 2.21. The summed E-state index contributed by atoms with van der Waals surface area (Å²) in [6, 6.07) is 1.44. The lowest BCUT2D eigenvalue weighted by Crippen LogP contribution is -2.34. The van der Waals surface area contributed by atoms with Crippen molar-refractivity contribution in [3.63, 3.8) is 0 Å². The molecule has 0 heterocycles. The van der Waals surface area contributed by atoms with Crippen molar-refractivity contribution >= 4 is 6.09 Å². The first kappa shape index (κ1) is 13.8. The molecule has 1 amide bonds. The molecule has 0 aromatic carbocycles. The van der Waals surface area contributed by atoms with Crippen LogP contribution in [0, 0.1) is 17.2 Å². The van der Waals surface area contributed by atoms with Crippen LogP contribution in [-0.2, 0) is 4.74 Å². The summed E-state index contributed by atoms with van der Waals surface area (Å²) in [4.78, 5) is 11.4. The van der Waals surface area contributed by atoms with E-state index in [1.165, 1.54) is 32.1 Å². The molecule has 1 rings (SSSR count). The number of carbonyl (C=O) groups is 1. The minimum Gasteiger partial charge on any atom is -0.447 e. The molecule has 2 atom stereocenters. The number of nitriles is 1. The number of carbonyl (C=O) groups excluding carboxylic acids is 1. The van der Waals surface area contributed by atoms with Gasteiger partial charge in [0.2, 0.25) is 0 Å². The minimum atomic E-state index is -0.496. The Labute approximate surface area is 103 Å². The highest BCUT2D eigenvalue weighted by atomic mass is 16.6. The second-order valence-corrected chi connectivity index (χ2v) is 4.95. The summed E-state index contributed by atoms with van der Waals surface area (Å²) < 4.78 is 5.22. The molecule has 17 heavy (non-hydrogen) atoms. The summed E-state index contributed by atoms with van der Waals surface area (Å²) in [6.07, 6.45) is 6.84. The third-order valence-electron chi connectivity index (χ3n) is 3.23. The zero-order valence-electron chi connectivity index (χ0n) is 10.7. The predicted octanol–water partition coefficient (Wildman–Crippen LogP) is 2.98. The highest BCUT2D eigenvalue weighted by molar-refractivity contribution is 5.68. The van der Waals surface area contributed by atoms with Crippen LogP contribution in [0.4, 0.5) is 4.79 Å². The fourth-order valence-corrected chi connectivity index (χ4v) is 2.37. The molecule has 0 aromatic heterocycles. The van der Waals surface area contributed by atoms with Gasteiger partial charge in [0.15, 0.2) is 0 Å². The van der Waals surface area contributed by atoms with Gasteiger partial charge in [0, 0.05) is 0 Å². The third kappa shape index (κ3) is 5.58.